The van der Waals surface area contributed by atoms with Gasteiger partial charge >= 0.3 is 6.03 Å². The molecule has 6 nitrogen and oxygen atoms in total. The first kappa shape index (κ1) is 18.5. The van der Waals surface area contributed by atoms with Gasteiger partial charge in [-0.2, -0.15) is 10.4 Å². The summed E-state index contributed by atoms with van der Waals surface area (Å²) in [5, 5.41) is 16.7. The Bertz CT molecular complexity index is 834. The largest absolute Gasteiger partial charge is 0.335 e. The Morgan fingerprint density at radius 3 is 2.82 bits per heavy atom. The number of carbonyl (C=O) groups excluding carboxylic acids is 1. The molecule has 1 aliphatic heterocycles. The summed E-state index contributed by atoms with van der Waals surface area (Å²) in [6.45, 7) is 1.45. The predicted octanol–water partition coefficient (Wildman–Crippen LogP) is 3.84. The molecule has 0 bridgehead atoms. The highest BCUT2D eigenvalue weighted by atomic mass is 16.2. The second-order valence-corrected chi connectivity index (χ2v) is 8.00. The lowest BCUT2D eigenvalue weighted by molar-refractivity contribution is 0.141. The number of nitrogens with zero attached hydrogens (tertiary/aromatic N) is 4. The number of hydrogen-bond donors (Lipinski definition) is 1. The van der Waals surface area contributed by atoms with Crippen LogP contribution in [0.3, 0.4) is 0 Å². The second kappa shape index (κ2) is 8.47. The van der Waals surface area contributed by atoms with Crippen molar-refractivity contribution in [3.63, 3.8) is 0 Å². The van der Waals surface area contributed by atoms with Gasteiger partial charge in [0.2, 0.25) is 0 Å². The number of nitrogens with one attached hydrogen (secondary N) is 1. The van der Waals surface area contributed by atoms with Gasteiger partial charge < -0.3 is 10.2 Å². The maximum atomic E-state index is 12.6. The van der Waals surface area contributed by atoms with E-state index in [1.165, 1.54) is 6.42 Å². The molecular formula is C22H27N5O. The number of carbonyl (C=O) groups is 1. The van der Waals surface area contributed by atoms with Gasteiger partial charge in [0.05, 0.1) is 17.5 Å². The third-order valence-electron chi connectivity index (χ3n) is 5.99. The molecule has 1 aromatic carbocycles. The molecule has 2 heterocycles. The van der Waals surface area contributed by atoms with E-state index >= 15 is 0 Å². The fourth-order valence-corrected chi connectivity index (χ4v) is 4.33. The number of rotatable bonds is 5. The van der Waals surface area contributed by atoms with Gasteiger partial charge in [0.15, 0.2) is 0 Å². The monoisotopic (exact) mass is 377 g/mol. The standard InChI is InChI=1S/C22H27N5O/c23-12-5-7-17-6-4-8-19(14-17)24-22(28)26-15-18(16-26)21-11-13-27(25-21)20-9-2-1-3-10-20/h1-3,9-11,13,17-19H,4-8,14-16H2,(H,24,28)/t17?,19-/m1/s1. The number of likely N-dealkylation sites (tertiary alicyclic amines) is 1. The second-order valence-electron chi connectivity index (χ2n) is 8.00. The molecule has 1 unspecified atom stereocenters. The summed E-state index contributed by atoms with van der Waals surface area (Å²) in [6, 6.07) is 14.6. The summed E-state index contributed by atoms with van der Waals surface area (Å²) in [4.78, 5) is 14.4. The zero-order chi connectivity index (χ0) is 19.3. The van der Waals surface area contributed by atoms with Crippen LogP contribution in [-0.4, -0.2) is 39.8 Å². The van der Waals surface area contributed by atoms with Gasteiger partial charge in [-0.1, -0.05) is 31.0 Å². The fraction of sp³-hybridized carbons (Fsp3) is 0.500. The Morgan fingerprint density at radius 2 is 2.04 bits per heavy atom. The van der Waals surface area contributed by atoms with E-state index in [0.717, 1.165) is 50.2 Å². The van der Waals surface area contributed by atoms with Crippen LogP contribution >= 0.6 is 0 Å². The van der Waals surface area contributed by atoms with Gasteiger partial charge in [0.25, 0.3) is 0 Å². The third-order valence-corrected chi connectivity index (χ3v) is 5.99. The number of benzene rings is 1. The molecule has 2 fully saturated rings. The first-order chi connectivity index (χ1) is 13.7. The highest BCUT2D eigenvalue weighted by molar-refractivity contribution is 5.75. The molecule has 4 rings (SSSR count). The lowest BCUT2D eigenvalue weighted by Crippen LogP contribution is -2.55. The molecule has 2 aliphatic rings. The number of hydrogen-bond acceptors (Lipinski definition) is 3. The average molecular weight is 377 g/mol. The van der Waals surface area contributed by atoms with E-state index in [4.69, 9.17) is 5.26 Å². The molecule has 2 amide bonds. The SMILES string of the molecule is N#CCCC1CCC[C@@H](NC(=O)N2CC(c3ccn(-c4ccccc4)n3)C2)C1. The van der Waals surface area contributed by atoms with Gasteiger partial charge in [-0.3, -0.25) is 0 Å². The third kappa shape index (κ3) is 4.19. The van der Waals surface area contributed by atoms with E-state index in [1.807, 2.05) is 52.2 Å². The topological polar surface area (TPSA) is 74.0 Å². The Morgan fingerprint density at radius 1 is 1.21 bits per heavy atom. The number of para-hydroxylation sites is 1. The van der Waals surface area contributed by atoms with Crippen molar-refractivity contribution in [2.75, 3.05) is 13.1 Å². The van der Waals surface area contributed by atoms with Gasteiger partial charge in [-0.25, -0.2) is 9.48 Å². The minimum absolute atomic E-state index is 0.0460. The quantitative estimate of drug-likeness (QED) is 0.860. The lowest BCUT2D eigenvalue weighted by Gasteiger charge is -2.40. The van der Waals surface area contributed by atoms with Crippen LogP contribution in [0.25, 0.3) is 5.69 Å². The fourth-order valence-electron chi connectivity index (χ4n) is 4.33. The Hall–Kier alpha value is -2.81. The Kier molecular flexibility index (Phi) is 5.61. The predicted molar refractivity (Wildman–Crippen MR) is 107 cm³/mol. The number of aromatic nitrogens is 2. The van der Waals surface area contributed by atoms with Gasteiger partial charge in [0.1, 0.15) is 0 Å². The normalized spacial score (nSPS) is 22.3. The summed E-state index contributed by atoms with van der Waals surface area (Å²) in [5.74, 6) is 0.884. The number of nitriles is 1. The molecule has 2 aromatic rings. The maximum Gasteiger partial charge on any atom is 0.317 e. The van der Waals surface area contributed by atoms with E-state index < -0.39 is 0 Å². The van der Waals surface area contributed by atoms with Crippen LogP contribution in [-0.2, 0) is 0 Å². The molecule has 1 aliphatic carbocycles. The van der Waals surface area contributed by atoms with E-state index in [9.17, 15) is 4.79 Å². The van der Waals surface area contributed by atoms with Crippen molar-refractivity contribution in [1.29, 1.82) is 5.26 Å². The van der Waals surface area contributed by atoms with E-state index in [1.54, 1.807) is 0 Å². The van der Waals surface area contributed by atoms with E-state index in [2.05, 4.69) is 16.5 Å². The summed E-state index contributed by atoms with van der Waals surface area (Å²) in [7, 11) is 0. The summed E-state index contributed by atoms with van der Waals surface area (Å²) < 4.78 is 1.89. The average Bonchev–Trinajstić information content (AvgIpc) is 3.16. The van der Waals surface area contributed by atoms with Crippen LogP contribution < -0.4 is 5.32 Å². The minimum Gasteiger partial charge on any atom is -0.335 e. The number of urea groups is 1. The Balaban J connectivity index is 1.25. The molecule has 6 heteroatoms. The molecule has 1 saturated carbocycles. The van der Waals surface area contributed by atoms with Crippen LogP contribution in [0, 0.1) is 17.2 Å². The van der Waals surface area contributed by atoms with Crippen molar-refractivity contribution in [2.45, 2.75) is 50.5 Å². The zero-order valence-corrected chi connectivity index (χ0v) is 16.1. The van der Waals surface area contributed by atoms with Crippen molar-refractivity contribution in [3.05, 3.63) is 48.3 Å². The van der Waals surface area contributed by atoms with Crippen LogP contribution in [0.1, 0.15) is 50.1 Å². The Labute approximate surface area is 166 Å². The maximum absolute atomic E-state index is 12.6. The van der Waals surface area contributed by atoms with Gasteiger partial charge in [0, 0.05) is 37.7 Å². The molecule has 1 aromatic heterocycles. The minimum atomic E-state index is 0.0460. The summed E-state index contributed by atoms with van der Waals surface area (Å²) in [6.07, 6.45) is 7.94. The van der Waals surface area contributed by atoms with Crippen molar-refractivity contribution < 1.29 is 4.79 Å². The first-order valence-corrected chi connectivity index (χ1v) is 10.3. The van der Waals surface area contributed by atoms with Crippen LogP contribution in [0.4, 0.5) is 4.79 Å². The lowest BCUT2D eigenvalue weighted by atomic mass is 9.83. The summed E-state index contributed by atoms with van der Waals surface area (Å²) in [5.41, 5.74) is 2.09. The smallest absolute Gasteiger partial charge is 0.317 e. The van der Waals surface area contributed by atoms with Crippen LogP contribution in [0.5, 0.6) is 0 Å². The van der Waals surface area contributed by atoms with Crippen molar-refractivity contribution in [2.24, 2.45) is 5.92 Å². The summed E-state index contributed by atoms with van der Waals surface area (Å²) >= 11 is 0. The molecule has 0 spiro atoms. The first-order valence-electron chi connectivity index (χ1n) is 10.3. The molecule has 146 valence electrons. The van der Waals surface area contributed by atoms with Crippen molar-refractivity contribution >= 4 is 6.03 Å². The molecular weight excluding hydrogens is 350 g/mol. The zero-order valence-electron chi connectivity index (χ0n) is 16.1. The van der Waals surface area contributed by atoms with Crippen molar-refractivity contribution in [3.8, 4) is 11.8 Å². The van der Waals surface area contributed by atoms with Crippen LogP contribution in [0.15, 0.2) is 42.6 Å². The molecule has 0 radical (unpaired) electrons. The van der Waals surface area contributed by atoms with Gasteiger partial charge in [-0.05, 0) is 43.4 Å². The molecule has 28 heavy (non-hydrogen) atoms. The molecule has 1 N–H and O–H groups in total. The molecule has 2 atom stereocenters. The van der Waals surface area contributed by atoms with Crippen molar-refractivity contribution in [1.82, 2.24) is 20.0 Å². The molecule has 1 saturated heterocycles. The van der Waals surface area contributed by atoms with Crippen LogP contribution in [0.2, 0.25) is 0 Å². The van der Waals surface area contributed by atoms with Gasteiger partial charge in [-0.15, -0.1) is 0 Å². The van der Waals surface area contributed by atoms with E-state index in [0.29, 0.717) is 18.3 Å². The van der Waals surface area contributed by atoms with E-state index in [-0.39, 0.29) is 12.1 Å². The highest BCUT2D eigenvalue weighted by Crippen LogP contribution is 2.29. The number of amides is 2. The highest BCUT2D eigenvalue weighted by Gasteiger charge is 2.34.